The number of nitrogens with zero attached hydrogens (tertiary/aromatic N) is 2. The van der Waals surface area contributed by atoms with Crippen molar-refractivity contribution in [1.29, 1.82) is 0 Å². The van der Waals surface area contributed by atoms with Crippen LogP contribution in [0.4, 0.5) is 11.5 Å². The molecule has 0 amide bonds. The number of anilines is 2. The Bertz CT molecular complexity index is 850. The first kappa shape index (κ1) is 15.0. The minimum atomic E-state index is -0.959. The molecule has 0 saturated heterocycles. The maximum Gasteiger partial charge on any atom is 0.335 e. The molecule has 6 heteroatoms. The van der Waals surface area contributed by atoms with Gasteiger partial charge in [0.1, 0.15) is 5.82 Å². The summed E-state index contributed by atoms with van der Waals surface area (Å²) in [5.74, 6) is 0.153. The Hall–Kier alpha value is -2.92. The molecule has 0 fully saturated rings. The zero-order valence-electron chi connectivity index (χ0n) is 11.9. The van der Waals surface area contributed by atoms with Crippen molar-refractivity contribution in [3.8, 4) is 11.4 Å². The normalized spacial score (nSPS) is 10.3. The zero-order chi connectivity index (χ0) is 16.2. The van der Waals surface area contributed by atoms with Gasteiger partial charge in [0.05, 0.1) is 10.6 Å². The van der Waals surface area contributed by atoms with Crippen LogP contribution in [0.25, 0.3) is 11.4 Å². The summed E-state index contributed by atoms with van der Waals surface area (Å²) in [6, 6.07) is 15.5. The van der Waals surface area contributed by atoms with E-state index in [0.717, 1.165) is 11.3 Å². The lowest BCUT2D eigenvalue weighted by molar-refractivity contribution is 0.0697. The van der Waals surface area contributed by atoms with Crippen LogP contribution < -0.4 is 5.32 Å². The van der Waals surface area contributed by atoms with Crippen LogP contribution in [0.15, 0.2) is 60.8 Å². The third-order valence-electron chi connectivity index (χ3n) is 3.17. The van der Waals surface area contributed by atoms with Crippen LogP contribution >= 0.6 is 11.6 Å². The fourth-order valence-corrected chi connectivity index (χ4v) is 2.26. The number of rotatable bonds is 4. The molecule has 3 rings (SSSR count). The summed E-state index contributed by atoms with van der Waals surface area (Å²) in [6.45, 7) is 0. The molecule has 0 bridgehead atoms. The molecular weight excluding hydrogens is 314 g/mol. The Kier molecular flexibility index (Phi) is 4.21. The lowest BCUT2D eigenvalue weighted by Gasteiger charge is -2.08. The topological polar surface area (TPSA) is 75.1 Å². The summed E-state index contributed by atoms with van der Waals surface area (Å²) in [7, 11) is 0. The molecule has 2 N–H and O–H groups in total. The fourth-order valence-electron chi connectivity index (χ4n) is 2.04. The quantitative estimate of drug-likeness (QED) is 0.750. The predicted molar refractivity (Wildman–Crippen MR) is 89.2 cm³/mol. The van der Waals surface area contributed by atoms with Crippen LogP contribution in [0, 0.1) is 0 Å². The first-order valence-electron chi connectivity index (χ1n) is 6.82. The first-order valence-corrected chi connectivity index (χ1v) is 7.19. The maximum atomic E-state index is 10.9. The summed E-state index contributed by atoms with van der Waals surface area (Å²) < 4.78 is 0. The highest BCUT2D eigenvalue weighted by Crippen LogP contribution is 2.25. The van der Waals surface area contributed by atoms with Gasteiger partial charge in [0.2, 0.25) is 0 Å². The van der Waals surface area contributed by atoms with E-state index in [1.165, 1.54) is 12.1 Å². The number of aromatic nitrogens is 2. The summed E-state index contributed by atoms with van der Waals surface area (Å²) in [5, 5.41) is 12.6. The van der Waals surface area contributed by atoms with Gasteiger partial charge in [-0.05, 0) is 42.5 Å². The molecule has 0 spiro atoms. The van der Waals surface area contributed by atoms with Gasteiger partial charge in [-0.1, -0.05) is 23.7 Å². The lowest BCUT2D eigenvalue weighted by Crippen LogP contribution is -1.99. The zero-order valence-corrected chi connectivity index (χ0v) is 12.7. The van der Waals surface area contributed by atoms with E-state index in [1.54, 1.807) is 30.5 Å². The molecule has 0 aliphatic rings. The second kappa shape index (κ2) is 6.46. The highest BCUT2D eigenvalue weighted by Gasteiger charge is 2.07. The number of benzene rings is 2. The third-order valence-corrected chi connectivity index (χ3v) is 3.50. The average molecular weight is 326 g/mol. The van der Waals surface area contributed by atoms with Gasteiger partial charge in [-0.2, -0.15) is 0 Å². The van der Waals surface area contributed by atoms with Gasteiger partial charge in [-0.3, -0.25) is 0 Å². The molecule has 0 aliphatic heterocycles. The number of hydrogen-bond donors (Lipinski definition) is 2. The number of halogens is 1. The Balaban J connectivity index is 1.86. The number of hydrogen-bond acceptors (Lipinski definition) is 4. The van der Waals surface area contributed by atoms with Gasteiger partial charge < -0.3 is 10.4 Å². The standard InChI is InChI=1S/C17H12ClN3O2/c18-14-4-2-1-3-13(14)16-19-10-9-15(21-16)20-12-7-5-11(6-8-12)17(22)23/h1-10H,(H,22,23)(H,19,20,21). The summed E-state index contributed by atoms with van der Waals surface area (Å²) >= 11 is 6.16. The molecule has 0 radical (unpaired) electrons. The van der Waals surface area contributed by atoms with Crippen molar-refractivity contribution in [3.05, 3.63) is 71.4 Å². The number of nitrogens with one attached hydrogen (secondary N) is 1. The molecule has 0 saturated carbocycles. The molecule has 1 aromatic heterocycles. The number of carboxylic acids is 1. The SMILES string of the molecule is O=C(O)c1ccc(Nc2ccnc(-c3ccccc3Cl)n2)cc1. The van der Waals surface area contributed by atoms with E-state index in [1.807, 2.05) is 18.2 Å². The Morgan fingerprint density at radius 3 is 2.48 bits per heavy atom. The number of carboxylic acid groups (broad SMARTS) is 1. The molecule has 5 nitrogen and oxygen atoms in total. The van der Waals surface area contributed by atoms with Crippen LogP contribution in [0.5, 0.6) is 0 Å². The highest BCUT2D eigenvalue weighted by molar-refractivity contribution is 6.33. The van der Waals surface area contributed by atoms with Crippen molar-refractivity contribution < 1.29 is 9.90 Å². The molecule has 0 aliphatic carbocycles. The van der Waals surface area contributed by atoms with Crippen molar-refractivity contribution in [1.82, 2.24) is 9.97 Å². The smallest absolute Gasteiger partial charge is 0.335 e. The third kappa shape index (κ3) is 3.46. The van der Waals surface area contributed by atoms with Gasteiger partial charge in [0.25, 0.3) is 0 Å². The van der Waals surface area contributed by atoms with Crippen molar-refractivity contribution in [2.24, 2.45) is 0 Å². The van der Waals surface area contributed by atoms with Crippen molar-refractivity contribution in [2.45, 2.75) is 0 Å². The van der Waals surface area contributed by atoms with E-state index in [-0.39, 0.29) is 5.56 Å². The highest BCUT2D eigenvalue weighted by atomic mass is 35.5. The largest absolute Gasteiger partial charge is 0.478 e. The van der Waals surface area contributed by atoms with Gasteiger partial charge in [-0.15, -0.1) is 0 Å². The molecule has 1 heterocycles. The molecule has 0 atom stereocenters. The van der Waals surface area contributed by atoms with Crippen molar-refractivity contribution in [3.63, 3.8) is 0 Å². The Morgan fingerprint density at radius 2 is 1.78 bits per heavy atom. The molecule has 2 aromatic carbocycles. The Morgan fingerprint density at radius 1 is 1.04 bits per heavy atom. The van der Waals surface area contributed by atoms with Crippen LogP contribution in [0.1, 0.15) is 10.4 Å². The van der Waals surface area contributed by atoms with E-state index in [9.17, 15) is 4.79 Å². The van der Waals surface area contributed by atoms with Crippen LogP contribution in [-0.2, 0) is 0 Å². The second-order valence-corrected chi connectivity index (χ2v) is 5.16. The summed E-state index contributed by atoms with van der Waals surface area (Å²) in [5.41, 5.74) is 1.72. The van der Waals surface area contributed by atoms with Crippen molar-refractivity contribution in [2.75, 3.05) is 5.32 Å². The van der Waals surface area contributed by atoms with E-state index >= 15 is 0 Å². The van der Waals surface area contributed by atoms with E-state index in [0.29, 0.717) is 16.7 Å². The molecule has 0 unspecified atom stereocenters. The summed E-state index contributed by atoms with van der Waals surface area (Å²) in [6.07, 6.45) is 1.64. The van der Waals surface area contributed by atoms with Crippen LogP contribution in [0.2, 0.25) is 5.02 Å². The average Bonchev–Trinajstić information content (AvgIpc) is 2.56. The van der Waals surface area contributed by atoms with Gasteiger partial charge >= 0.3 is 5.97 Å². The number of aromatic carboxylic acids is 1. The fraction of sp³-hybridized carbons (Fsp3) is 0. The van der Waals surface area contributed by atoms with E-state index in [2.05, 4.69) is 15.3 Å². The minimum Gasteiger partial charge on any atom is -0.478 e. The monoisotopic (exact) mass is 325 g/mol. The van der Waals surface area contributed by atoms with Gasteiger partial charge in [0, 0.05) is 17.4 Å². The molecule has 23 heavy (non-hydrogen) atoms. The molecular formula is C17H12ClN3O2. The minimum absolute atomic E-state index is 0.231. The first-order chi connectivity index (χ1) is 11.1. The number of carbonyl (C=O) groups is 1. The van der Waals surface area contributed by atoms with Crippen LogP contribution in [0.3, 0.4) is 0 Å². The molecule has 114 valence electrons. The lowest BCUT2D eigenvalue weighted by atomic mass is 10.2. The maximum absolute atomic E-state index is 10.9. The van der Waals surface area contributed by atoms with Gasteiger partial charge in [-0.25, -0.2) is 14.8 Å². The van der Waals surface area contributed by atoms with E-state index < -0.39 is 5.97 Å². The molecule has 3 aromatic rings. The van der Waals surface area contributed by atoms with E-state index in [4.69, 9.17) is 16.7 Å². The predicted octanol–water partition coefficient (Wildman–Crippen LogP) is 4.24. The Labute approximate surface area is 137 Å². The second-order valence-electron chi connectivity index (χ2n) is 4.75. The van der Waals surface area contributed by atoms with Crippen molar-refractivity contribution >= 4 is 29.1 Å². The van der Waals surface area contributed by atoms with Gasteiger partial charge in [0.15, 0.2) is 5.82 Å². The summed E-state index contributed by atoms with van der Waals surface area (Å²) in [4.78, 5) is 19.5. The van der Waals surface area contributed by atoms with Crippen LogP contribution in [-0.4, -0.2) is 21.0 Å².